The molecule has 2 aromatic rings. The van der Waals surface area contributed by atoms with Crippen molar-refractivity contribution in [1.82, 2.24) is 0 Å². The molecule has 0 spiro atoms. The van der Waals surface area contributed by atoms with E-state index in [1.165, 1.54) is 27.2 Å². The van der Waals surface area contributed by atoms with E-state index in [2.05, 4.69) is 52.3 Å². The highest BCUT2D eigenvalue weighted by Gasteiger charge is 2.16. The van der Waals surface area contributed by atoms with Gasteiger partial charge in [-0.3, -0.25) is 0 Å². The molecule has 1 aliphatic carbocycles. The van der Waals surface area contributed by atoms with Gasteiger partial charge < -0.3 is 0 Å². The first-order valence-electron chi connectivity index (χ1n) is 4.71. The molecule has 0 N–H and O–H groups in total. The molecule has 2 heteroatoms. The molecule has 0 amide bonds. The van der Waals surface area contributed by atoms with Crippen LogP contribution in [0, 0.1) is 0 Å². The third-order valence-corrected chi connectivity index (χ3v) is 5.04. The van der Waals surface area contributed by atoms with E-state index in [0.717, 1.165) is 0 Å². The minimum absolute atomic E-state index is 0.328. The van der Waals surface area contributed by atoms with Gasteiger partial charge in [0.25, 0.3) is 0 Å². The smallest absolute Gasteiger partial charge is 0.0436 e. The Kier molecular flexibility index (Phi) is 1.92. The van der Waals surface area contributed by atoms with Crippen LogP contribution in [0.2, 0.25) is 0 Å². The van der Waals surface area contributed by atoms with Crippen LogP contribution in [0.1, 0.15) is 10.7 Å². The van der Waals surface area contributed by atoms with Gasteiger partial charge in [-0.05, 0) is 27.2 Å². The van der Waals surface area contributed by atoms with E-state index in [0.29, 0.717) is 9.12 Å². The summed E-state index contributed by atoms with van der Waals surface area (Å²) in [5, 5.41) is 1.64. The van der Waals surface area contributed by atoms with E-state index < -0.39 is 0 Å². The van der Waals surface area contributed by atoms with Gasteiger partial charge in [-0.2, -0.15) is 0 Å². The average molecular weight is 261 g/mol. The van der Waals surface area contributed by atoms with Gasteiger partial charge in [-0.25, -0.2) is 0 Å². The van der Waals surface area contributed by atoms with Gasteiger partial charge in [0.15, 0.2) is 0 Å². The largest absolute Gasteiger partial charge is 0.0619 e. The Morgan fingerprint density at radius 3 is 2.79 bits per heavy atom. The summed E-state index contributed by atoms with van der Waals surface area (Å²) in [5.41, 5.74) is 4.43. The molecule has 1 aliphatic rings. The molecular formula is C12H9BrSi. The molecule has 0 nitrogen and oxygen atoms in total. The first kappa shape index (κ1) is 8.57. The number of fused-ring (bicyclic) bond motifs is 3. The van der Waals surface area contributed by atoms with Crippen LogP contribution in [0.25, 0.3) is 11.1 Å². The zero-order valence-corrected chi connectivity index (χ0v) is 10.4. The molecule has 0 bridgehead atoms. The topological polar surface area (TPSA) is 0 Å². The van der Waals surface area contributed by atoms with E-state index in [9.17, 15) is 0 Å². The second-order valence-corrected chi connectivity index (χ2v) is 7.00. The zero-order valence-electron chi connectivity index (χ0n) is 7.63. The van der Waals surface area contributed by atoms with Crippen molar-refractivity contribution in [2.75, 3.05) is 0 Å². The molecule has 3 rings (SSSR count). The first-order valence-corrected chi connectivity index (χ1v) is 6.66. The second-order valence-electron chi connectivity index (χ2n) is 3.64. The van der Waals surface area contributed by atoms with Gasteiger partial charge in [0.2, 0.25) is 0 Å². The summed E-state index contributed by atoms with van der Waals surface area (Å²) in [6, 6.07) is 13.2. The Balaban J connectivity index is 2.27. The van der Waals surface area contributed by atoms with Crippen LogP contribution in [0.3, 0.4) is 0 Å². The highest BCUT2D eigenvalue weighted by Crippen LogP contribution is 2.35. The summed E-state index contributed by atoms with van der Waals surface area (Å²) >= 11 is 3.60. The minimum Gasteiger partial charge on any atom is -0.0619 e. The Bertz CT molecular complexity index is 505. The summed E-state index contributed by atoms with van der Waals surface area (Å²) < 4.78 is 1.38. The predicted octanol–water partition coefficient (Wildman–Crippen LogP) is 3.09. The summed E-state index contributed by atoms with van der Waals surface area (Å²) in [7, 11) is 0.328. The van der Waals surface area contributed by atoms with E-state index in [1.54, 1.807) is 5.17 Å². The average Bonchev–Trinajstić information content (AvgIpc) is 2.54. The van der Waals surface area contributed by atoms with Crippen molar-refractivity contribution in [3.63, 3.8) is 0 Å². The van der Waals surface area contributed by atoms with E-state index in [1.807, 2.05) is 0 Å². The van der Waals surface area contributed by atoms with Gasteiger partial charge in [0.1, 0.15) is 0 Å². The van der Waals surface area contributed by atoms with Crippen LogP contribution >= 0.6 is 15.9 Å². The van der Waals surface area contributed by atoms with Gasteiger partial charge in [-0.15, -0.1) is 0 Å². The molecule has 1 heterocycles. The summed E-state index contributed by atoms with van der Waals surface area (Å²) in [4.78, 5) is 0. The number of hydrogen-bond donors (Lipinski definition) is 0. The van der Waals surface area contributed by atoms with Crippen molar-refractivity contribution in [2.24, 2.45) is 0 Å². The molecular weight excluding hydrogens is 252 g/mol. The fraction of sp³-hybridized carbons (Fsp3) is 0.0833. The fourth-order valence-corrected chi connectivity index (χ4v) is 4.33. The molecule has 68 valence electrons. The lowest BCUT2D eigenvalue weighted by molar-refractivity contribution is 1.30. The number of benzene rings is 1. The lowest BCUT2D eigenvalue weighted by Gasteiger charge is -1.99. The number of hydrogen-bond acceptors (Lipinski definition) is 0. The molecule has 0 atom stereocenters. The molecule has 0 radical (unpaired) electrons. The third-order valence-electron chi connectivity index (χ3n) is 2.76. The van der Waals surface area contributed by atoms with Gasteiger partial charge in [-0.1, -0.05) is 57.5 Å². The number of rotatable bonds is 0. The molecule has 14 heavy (non-hydrogen) atoms. The molecule has 0 saturated heterocycles. The highest BCUT2D eigenvalue weighted by atomic mass is 79.9. The summed E-state index contributed by atoms with van der Waals surface area (Å²) in [6.45, 7) is 0. The molecule has 0 saturated carbocycles. The van der Waals surface area contributed by atoms with Gasteiger partial charge in [0.05, 0.1) is 0 Å². The van der Waals surface area contributed by atoms with Crippen LogP contribution < -0.4 is 0 Å². The lowest BCUT2D eigenvalue weighted by Crippen LogP contribution is -1.87. The Hall–Kier alpha value is -0.733. The quantitative estimate of drug-likeness (QED) is 0.545. The fourth-order valence-electron chi connectivity index (χ4n) is 2.11. The van der Waals surface area contributed by atoms with Crippen molar-refractivity contribution in [3.05, 3.63) is 51.2 Å². The number of halogens is 1. The van der Waals surface area contributed by atoms with E-state index in [-0.39, 0.29) is 0 Å². The maximum Gasteiger partial charge on any atom is 0.0436 e. The van der Waals surface area contributed by atoms with Crippen LogP contribution in [0.5, 0.6) is 0 Å². The van der Waals surface area contributed by atoms with Crippen LogP contribution in [0.15, 0.2) is 40.5 Å². The maximum atomic E-state index is 3.60. The summed E-state index contributed by atoms with van der Waals surface area (Å²) in [5.74, 6) is 0. The van der Waals surface area contributed by atoms with Gasteiger partial charge >= 0.3 is 0 Å². The minimum atomic E-state index is 0.328. The van der Waals surface area contributed by atoms with Crippen molar-refractivity contribution < 1.29 is 0 Å². The maximum absolute atomic E-state index is 3.60. The monoisotopic (exact) mass is 260 g/mol. The van der Waals surface area contributed by atoms with Crippen LogP contribution in [0.4, 0.5) is 0 Å². The van der Waals surface area contributed by atoms with Crippen molar-refractivity contribution >= 4 is 25.0 Å². The second kappa shape index (κ2) is 3.14. The van der Waals surface area contributed by atoms with E-state index in [4.69, 9.17) is 0 Å². The Labute approximate surface area is 93.9 Å². The normalized spacial score (nSPS) is 12.4. The molecule has 0 unspecified atom stereocenters. The first-order chi connectivity index (χ1) is 6.84. The Morgan fingerprint density at radius 1 is 1.00 bits per heavy atom. The SMILES string of the molecule is Brc1ccc2c([siH]1)Cc1ccccc1-2. The van der Waals surface area contributed by atoms with Gasteiger partial charge in [0, 0.05) is 9.12 Å². The molecule has 1 aromatic carbocycles. The molecule has 0 fully saturated rings. The van der Waals surface area contributed by atoms with Crippen LogP contribution in [-0.2, 0) is 6.42 Å². The Morgan fingerprint density at radius 2 is 1.86 bits per heavy atom. The van der Waals surface area contributed by atoms with Crippen molar-refractivity contribution in [3.8, 4) is 11.1 Å². The lowest BCUT2D eigenvalue weighted by atomic mass is 10.1. The standard InChI is InChI=1S/C12H9BrSi/c13-12-6-5-10-9-4-2-1-3-8(9)7-11(10)14-12/h1-6,14H,7H2. The predicted molar refractivity (Wildman–Crippen MR) is 65.1 cm³/mol. The summed E-state index contributed by atoms with van der Waals surface area (Å²) in [6.07, 6.45) is 1.17. The molecule has 0 aliphatic heterocycles. The third kappa shape index (κ3) is 1.21. The zero-order chi connectivity index (χ0) is 9.54. The van der Waals surface area contributed by atoms with Crippen molar-refractivity contribution in [2.45, 2.75) is 6.42 Å². The molecule has 1 aromatic heterocycles. The highest BCUT2D eigenvalue weighted by molar-refractivity contribution is 9.11. The van der Waals surface area contributed by atoms with Crippen molar-refractivity contribution in [1.29, 1.82) is 0 Å². The van der Waals surface area contributed by atoms with Crippen LogP contribution in [-0.4, -0.2) is 9.12 Å². The van der Waals surface area contributed by atoms with E-state index >= 15 is 0 Å².